The lowest BCUT2D eigenvalue weighted by Crippen LogP contribution is -2.21. The summed E-state index contributed by atoms with van der Waals surface area (Å²) in [4.78, 5) is 2.25. The summed E-state index contributed by atoms with van der Waals surface area (Å²) in [5, 5.41) is 35.4. The van der Waals surface area contributed by atoms with Crippen LogP contribution >= 0.6 is 0 Å². The maximum Gasteiger partial charge on any atom is 0.148 e. The van der Waals surface area contributed by atoms with Gasteiger partial charge in [0.25, 0.3) is 0 Å². The summed E-state index contributed by atoms with van der Waals surface area (Å²) in [7, 11) is 0. The highest BCUT2D eigenvalue weighted by Gasteiger charge is 2.08. The van der Waals surface area contributed by atoms with Crippen molar-refractivity contribution in [2.24, 2.45) is 10.2 Å². The number of hydrogen-bond acceptors (Lipinski definition) is 6. The molecule has 0 amide bonds. The van der Waals surface area contributed by atoms with Crippen molar-refractivity contribution in [2.75, 3.05) is 18.0 Å². The molecule has 0 heterocycles. The summed E-state index contributed by atoms with van der Waals surface area (Å²) in [6.07, 6.45) is 0. The summed E-state index contributed by atoms with van der Waals surface area (Å²) in [6.45, 7) is 6.12. The topological polar surface area (TPSA) is 99.3 Å². The minimum atomic E-state index is -0.208. The number of allylic oxidation sites excluding steroid dienone is 2. The van der Waals surface area contributed by atoms with Crippen LogP contribution in [0.1, 0.15) is 19.4 Å². The van der Waals surface area contributed by atoms with Crippen molar-refractivity contribution in [3.05, 3.63) is 59.7 Å². The predicted molar refractivity (Wildman–Crippen MR) is 104 cm³/mol. The average Bonchev–Trinajstić information content (AvgIpc) is 2.72. The van der Waals surface area contributed by atoms with Crippen LogP contribution in [-0.4, -0.2) is 13.1 Å². The number of nitrogens with zero attached hydrogens (tertiary/aromatic N) is 6. The normalized spacial score (nSPS) is 9.89. The Kier molecular flexibility index (Phi) is 6.83. The Morgan fingerprint density at radius 2 is 1.26 bits per heavy atom. The highest BCUT2D eigenvalue weighted by atomic mass is 15.1. The molecule has 0 fully saturated rings. The Balaban J connectivity index is 2.17. The number of anilines is 1. The first-order valence-corrected chi connectivity index (χ1v) is 8.48. The van der Waals surface area contributed by atoms with E-state index in [0.29, 0.717) is 11.3 Å². The van der Waals surface area contributed by atoms with Gasteiger partial charge in [0.05, 0.1) is 16.9 Å². The van der Waals surface area contributed by atoms with E-state index in [-0.39, 0.29) is 11.1 Å². The molecule has 0 radical (unpaired) electrons. The van der Waals surface area contributed by atoms with Gasteiger partial charge in [-0.25, -0.2) is 0 Å². The lowest BCUT2D eigenvalue weighted by molar-refractivity contribution is 0.866. The molecular formula is C21H18N6. The maximum absolute atomic E-state index is 9.18. The Morgan fingerprint density at radius 3 is 1.67 bits per heavy atom. The van der Waals surface area contributed by atoms with E-state index in [0.717, 1.165) is 24.5 Å². The van der Waals surface area contributed by atoms with Crippen molar-refractivity contribution in [3.8, 4) is 18.2 Å². The number of hydrogen-bond donors (Lipinski definition) is 0. The van der Waals surface area contributed by atoms with Crippen LogP contribution in [0.25, 0.3) is 5.57 Å². The zero-order chi connectivity index (χ0) is 19.6. The average molecular weight is 354 g/mol. The van der Waals surface area contributed by atoms with Crippen LogP contribution in [0.5, 0.6) is 0 Å². The molecule has 132 valence electrons. The molecule has 0 bridgehead atoms. The fourth-order valence-electron chi connectivity index (χ4n) is 2.53. The van der Waals surface area contributed by atoms with E-state index in [1.54, 1.807) is 36.4 Å². The molecule has 27 heavy (non-hydrogen) atoms. The van der Waals surface area contributed by atoms with Crippen LogP contribution in [-0.2, 0) is 0 Å². The Labute approximate surface area is 158 Å². The molecule has 0 saturated heterocycles. The monoisotopic (exact) mass is 354 g/mol. The molecule has 0 aliphatic carbocycles. The van der Waals surface area contributed by atoms with Crippen molar-refractivity contribution in [2.45, 2.75) is 13.8 Å². The fourth-order valence-corrected chi connectivity index (χ4v) is 2.53. The minimum absolute atomic E-state index is 0.0514. The van der Waals surface area contributed by atoms with E-state index in [4.69, 9.17) is 10.5 Å². The molecule has 0 aliphatic rings. The molecule has 2 aromatic rings. The first kappa shape index (κ1) is 19.4. The predicted octanol–water partition coefficient (Wildman–Crippen LogP) is 5.27. The lowest BCUT2D eigenvalue weighted by Gasteiger charge is -2.20. The molecule has 0 atom stereocenters. The molecule has 0 saturated carbocycles. The zero-order valence-electron chi connectivity index (χ0n) is 15.2. The largest absolute Gasteiger partial charge is 0.372 e. The quantitative estimate of drug-likeness (QED) is 0.521. The molecule has 6 nitrogen and oxygen atoms in total. The van der Waals surface area contributed by atoms with Crippen LogP contribution in [0.4, 0.5) is 17.1 Å². The Morgan fingerprint density at radius 1 is 0.778 bits per heavy atom. The van der Waals surface area contributed by atoms with Gasteiger partial charge in [-0.3, -0.25) is 0 Å². The number of azo groups is 1. The highest BCUT2D eigenvalue weighted by Crippen LogP contribution is 2.24. The molecule has 0 spiro atoms. The van der Waals surface area contributed by atoms with Gasteiger partial charge in [0.2, 0.25) is 0 Å². The lowest BCUT2D eigenvalue weighted by atomic mass is 10.0. The second-order valence-corrected chi connectivity index (χ2v) is 5.52. The van der Waals surface area contributed by atoms with Gasteiger partial charge in [0, 0.05) is 18.8 Å². The third-order valence-electron chi connectivity index (χ3n) is 4.00. The Bertz CT molecular complexity index is 944. The molecule has 2 aromatic carbocycles. The van der Waals surface area contributed by atoms with Gasteiger partial charge in [-0.05, 0) is 55.8 Å². The first-order valence-electron chi connectivity index (χ1n) is 8.48. The molecule has 6 heteroatoms. The van der Waals surface area contributed by atoms with E-state index in [1.165, 1.54) is 0 Å². The van der Waals surface area contributed by atoms with E-state index < -0.39 is 0 Å². The van der Waals surface area contributed by atoms with Crippen molar-refractivity contribution >= 4 is 22.6 Å². The van der Waals surface area contributed by atoms with Gasteiger partial charge in [0.1, 0.15) is 23.8 Å². The summed E-state index contributed by atoms with van der Waals surface area (Å²) in [5.41, 5.74) is 2.84. The van der Waals surface area contributed by atoms with E-state index in [2.05, 4.69) is 29.0 Å². The van der Waals surface area contributed by atoms with Crippen molar-refractivity contribution in [1.82, 2.24) is 0 Å². The van der Waals surface area contributed by atoms with Crippen LogP contribution in [0.2, 0.25) is 0 Å². The summed E-state index contributed by atoms with van der Waals surface area (Å²) in [6, 6.07) is 19.9. The number of nitriles is 3. The molecule has 0 unspecified atom stereocenters. The second-order valence-electron chi connectivity index (χ2n) is 5.52. The second kappa shape index (κ2) is 9.51. The third-order valence-corrected chi connectivity index (χ3v) is 4.00. The van der Waals surface area contributed by atoms with Crippen LogP contribution in [0.15, 0.2) is 64.3 Å². The first-order chi connectivity index (χ1) is 13.2. The molecule has 0 N–H and O–H groups in total. The molecule has 0 aliphatic heterocycles. The SMILES string of the molecule is CCN(CC)c1ccc(/N=N/c2ccc(C(C#N)=C(C#N)C#N)cc2)cc1. The number of benzene rings is 2. The smallest absolute Gasteiger partial charge is 0.148 e. The standard InChI is InChI=1S/C21H18N6/c1-3-27(4-2)20-11-9-19(10-12-20)26-25-18-7-5-16(6-8-18)21(15-24)17(13-22)14-23/h5-12H,3-4H2,1-2H3/b26-25+. The van der Waals surface area contributed by atoms with E-state index in [9.17, 15) is 5.26 Å². The van der Waals surface area contributed by atoms with Crippen molar-refractivity contribution < 1.29 is 0 Å². The van der Waals surface area contributed by atoms with Gasteiger partial charge in [0.15, 0.2) is 0 Å². The summed E-state index contributed by atoms with van der Waals surface area (Å²) >= 11 is 0. The zero-order valence-corrected chi connectivity index (χ0v) is 15.2. The van der Waals surface area contributed by atoms with Gasteiger partial charge in [-0.2, -0.15) is 26.0 Å². The maximum atomic E-state index is 9.18. The fraction of sp³-hybridized carbons (Fsp3) is 0.190. The molecule has 0 aromatic heterocycles. The van der Waals surface area contributed by atoms with Crippen molar-refractivity contribution in [1.29, 1.82) is 15.8 Å². The van der Waals surface area contributed by atoms with Crippen LogP contribution in [0, 0.1) is 34.0 Å². The van der Waals surface area contributed by atoms with Crippen LogP contribution in [0.3, 0.4) is 0 Å². The molecular weight excluding hydrogens is 336 g/mol. The highest BCUT2D eigenvalue weighted by molar-refractivity contribution is 5.84. The number of rotatable bonds is 6. The van der Waals surface area contributed by atoms with Gasteiger partial charge in [-0.15, -0.1) is 0 Å². The van der Waals surface area contributed by atoms with Gasteiger partial charge < -0.3 is 4.90 Å². The molecule has 2 rings (SSSR count). The minimum Gasteiger partial charge on any atom is -0.372 e. The summed E-state index contributed by atoms with van der Waals surface area (Å²) < 4.78 is 0. The van der Waals surface area contributed by atoms with E-state index in [1.807, 2.05) is 30.3 Å². The van der Waals surface area contributed by atoms with Crippen molar-refractivity contribution in [3.63, 3.8) is 0 Å². The van der Waals surface area contributed by atoms with Crippen LogP contribution < -0.4 is 4.90 Å². The Hall–Kier alpha value is -3.95. The van der Waals surface area contributed by atoms with E-state index >= 15 is 0 Å². The van der Waals surface area contributed by atoms with Gasteiger partial charge >= 0.3 is 0 Å². The summed E-state index contributed by atoms with van der Waals surface area (Å²) in [5.74, 6) is 0. The van der Waals surface area contributed by atoms with Gasteiger partial charge in [-0.1, -0.05) is 12.1 Å². The third kappa shape index (κ3) is 4.78.